The summed E-state index contributed by atoms with van der Waals surface area (Å²) in [5.74, 6) is 0.703. The Morgan fingerprint density at radius 2 is 2.04 bits per heavy atom. The Morgan fingerprint density at radius 3 is 2.78 bits per heavy atom. The van der Waals surface area contributed by atoms with E-state index in [0.29, 0.717) is 18.8 Å². The minimum Gasteiger partial charge on any atom is -0.481 e. The topological polar surface area (TPSA) is 75.1 Å². The molecular formula is C17H17N3O2S. The van der Waals surface area contributed by atoms with Crippen LogP contribution in [0.5, 0.6) is 0 Å². The first kappa shape index (κ1) is 15.4. The molecule has 0 atom stereocenters. The predicted octanol–water partition coefficient (Wildman–Crippen LogP) is 3.94. The van der Waals surface area contributed by atoms with E-state index in [1.807, 2.05) is 25.1 Å². The molecule has 6 heteroatoms. The Morgan fingerprint density at radius 1 is 1.26 bits per heavy atom. The van der Waals surface area contributed by atoms with Gasteiger partial charge in [-0.15, -0.1) is 11.3 Å². The summed E-state index contributed by atoms with van der Waals surface area (Å²) < 4.78 is 0. The number of rotatable bonds is 6. The van der Waals surface area contributed by atoms with Gasteiger partial charge in [-0.3, -0.25) is 4.79 Å². The van der Waals surface area contributed by atoms with E-state index in [0.717, 1.165) is 26.5 Å². The van der Waals surface area contributed by atoms with Crippen LogP contribution in [0.2, 0.25) is 0 Å². The van der Waals surface area contributed by atoms with E-state index in [1.54, 1.807) is 11.3 Å². The van der Waals surface area contributed by atoms with Crippen molar-refractivity contribution in [3.8, 4) is 10.4 Å². The highest BCUT2D eigenvalue weighted by Crippen LogP contribution is 2.35. The minimum atomic E-state index is -0.780. The third-order valence-electron chi connectivity index (χ3n) is 3.42. The van der Waals surface area contributed by atoms with E-state index in [1.165, 1.54) is 0 Å². The van der Waals surface area contributed by atoms with Crippen molar-refractivity contribution in [3.05, 3.63) is 42.2 Å². The average Bonchev–Trinajstić information content (AvgIpc) is 2.96. The monoisotopic (exact) mass is 327 g/mol. The van der Waals surface area contributed by atoms with Gasteiger partial charge in [0.1, 0.15) is 16.5 Å². The third kappa shape index (κ3) is 3.65. The van der Waals surface area contributed by atoms with Crippen molar-refractivity contribution < 1.29 is 9.90 Å². The van der Waals surface area contributed by atoms with Crippen LogP contribution in [0.4, 0.5) is 5.82 Å². The Hall–Kier alpha value is -2.47. The van der Waals surface area contributed by atoms with Crippen molar-refractivity contribution in [2.45, 2.75) is 19.8 Å². The summed E-state index contributed by atoms with van der Waals surface area (Å²) in [4.78, 5) is 21.6. The van der Waals surface area contributed by atoms with Gasteiger partial charge in [0.2, 0.25) is 0 Å². The molecule has 0 spiro atoms. The van der Waals surface area contributed by atoms with Crippen LogP contribution >= 0.6 is 11.3 Å². The number of carbonyl (C=O) groups is 1. The molecule has 0 fully saturated rings. The van der Waals surface area contributed by atoms with Gasteiger partial charge in [0.25, 0.3) is 0 Å². The molecule has 0 unspecified atom stereocenters. The number of nitrogens with zero attached hydrogens (tertiary/aromatic N) is 2. The third-order valence-corrected chi connectivity index (χ3v) is 4.50. The first-order chi connectivity index (χ1) is 11.1. The summed E-state index contributed by atoms with van der Waals surface area (Å²) in [5.41, 5.74) is 1.16. The molecule has 0 radical (unpaired) electrons. The summed E-state index contributed by atoms with van der Waals surface area (Å²) in [6.45, 7) is 2.44. The highest BCUT2D eigenvalue weighted by molar-refractivity contribution is 7.21. The lowest BCUT2D eigenvalue weighted by Gasteiger charge is -2.06. The quantitative estimate of drug-likeness (QED) is 0.671. The molecule has 2 N–H and O–H groups in total. The number of hydrogen-bond acceptors (Lipinski definition) is 5. The Balaban J connectivity index is 1.88. The lowest BCUT2D eigenvalue weighted by molar-refractivity contribution is -0.137. The molecule has 0 aliphatic rings. The second-order valence-corrected chi connectivity index (χ2v) is 6.27. The normalized spacial score (nSPS) is 10.8. The molecule has 1 aromatic carbocycles. The molecule has 3 aromatic rings. The predicted molar refractivity (Wildman–Crippen MR) is 92.9 cm³/mol. The SMILES string of the molecule is Cc1nc(NCCCC(=O)O)c2cc(-c3ccccc3)sc2n1. The van der Waals surface area contributed by atoms with Gasteiger partial charge in [-0.2, -0.15) is 0 Å². The van der Waals surface area contributed by atoms with E-state index in [9.17, 15) is 4.79 Å². The van der Waals surface area contributed by atoms with Gasteiger partial charge in [0, 0.05) is 17.8 Å². The Kier molecular flexibility index (Phi) is 4.52. The van der Waals surface area contributed by atoms with Gasteiger partial charge in [0.05, 0.1) is 5.39 Å². The van der Waals surface area contributed by atoms with Crippen LogP contribution in [0.3, 0.4) is 0 Å². The number of hydrogen-bond donors (Lipinski definition) is 2. The van der Waals surface area contributed by atoms with Gasteiger partial charge >= 0.3 is 5.97 Å². The summed E-state index contributed by atoms with van der Waals surface area (Å²) in [6, 6.07) is 12.3. The number of aromatic nitrogens is 2. The zero-order valence-electron chi connectivity index (χ0n) is 12.7. The molecule has 0 aliphatic carbocycles. The molecule has 3 rings (SSSR count). The van der Waals surface area contributed by atoms with Gasteiger partial charge in [-0.25, -0.2) is 9.97 Å². The van der Waals surface area contributed by atoms with Crippen LogP contribution < -0.4 is 5.32 Å². The van der Waals surface area contributed by atoms with E-state index in [2.05, 4.69) is 33.5 Å². The fraction of sp³-hybridized carbons (Fsp3) is 0.235. The molecule has 0 saturated carbocycles. The molecule has 2 aromatic heterocycles. The van der Waals surface area contributed by atoms with Crippen molar-refractivity contribution in [1.82, 2.24) is 9.97 Å². The number of thiophene rings is 1. The van der Waals surface area contributed by atoms with E-state index >= 15 is 0 Å². The molecule has 0 bridgehead atoms. The molecule has 23 heavy (non-hydrogen) atoms. The summed E-state index contributed by atoms with van der Waals surface area (Å²) in [6.07, 6.45) is 0.717. The number of benzene rings is 1. The van der Waals surface area contributed by atoms with Crippen LogP contribution in [-0.4, -0.2) is 27.6 Å². The number of aryl methyl sites for hydroxylation is 1. The van der Waals surface area contributed by atoms with Gasteiger partial charge in [-0.05, 0) is 25.0 Å². The van der Waals surface area contributed by atoms with Gasteiger partial charge < -0.3 is 10.4 Å². The molecule has 118 valence electrons. The van der Waals surface area contributed by atoms with Gasteiger partial charge in [-0.1, -0.05) is 30.3 Å². The Labute approximate surface area is 138 Å². The van der Waals surface area contributed by atoms with Crippen LogP contribution in [0, 0.1) is 6.92 Å². The Bertz CT molecular complexity index is 830. The number of nitrogens with one attached hydrogen (secondary N) is 1. The lowest BCUT2D eigenvalue weighted by Crippen LogP contribution is -2.07. The maximum atomic E-state index is 10.6. The van der Waals surface area contributed by atoms with Crippen molar-refractivity contribution >= 4 is 33.3 Å². The smallest absolute Gasteiger partial charge is 0.303 e. The van der Waals surface area contributed by atoms with Crippen molar-refractivity contribution in [3.63, 3.8) is 0 Å². The lowest BCUT2D eigenvalue weighted by atomic mass is 10.2. The first-order valence-corrected chi connectivity index (χ1v) is 8.24. The van der Waals surface area contributed by atoms with Crippen LogP contribution in [0.1, 0.15) is 18.7 Å². The fourth-order valence-corrected chi connectivity index (χ4v) is 3.44. The number of aliphatic carboxylic acids is 1. The van der Waals surface area contributed by atoms with E-state index in [-0.39, 0.29) is 6.42 Å². The molecular weight excluding hydrogens is 310 g/mol. The number of carboxylic acid groups (broad SMARTS) is 1. The zero-order chi connectivity index (χ0) is 16.2. The minimum absolute atomic E-state index is 0.152. The standard InChI is InChI=1S/C17H17N3O2S/c1-11-19-16(18-9-5-8-15(21)22)13-10-14(23-17(13)20-11)12-6-3-2-4-7-12/h2-4,6-7,10H,5,8-9H2,1H3,(H,21,22)(H,18,19,20). The second-order valence-electron chi connectivity index (χ2n) is 5.24. The number of carboxylic acids is 1. The van der Waals surface area contributed by atoms with Crippen molar-refractivity contribution in [2.24, 2.45) is 0 Å². The molecule has 2 heterocycles. The van der Waals surface area contributed by atoms with Crippen molar-refractivity contribution in [2.75, 3.05) is 11.9 Å². The highest BCUT2D eigenvalue weighted by atomic mass is 32.1. The second kappa shape index (κ2) is 6.75. The van der Waals surface area contributed by atoms with E-state index < -0.39 is 5.97 Å². The number of anilines is 1. The number of fused-ring (bicyclic) bond motifs is 1. The van der Waals surface area contributed by atoms with Crippen LogP contribution in [0.15, 0.2) is 36.4 Å². The van der Waals surface area contributed by atoms with Crippen molar-refractivity contribution in [1.29, 1.82) is 0 Å². The average molecular weight is 327 g/mol. The fourth-order valence-electron chi connectivity index (χ4n) is 2.35. The summed E-state index contributed by atoms with van der Waals surface area (Å²) >= 11 is 1.64. The molecule has 5 nitrogen and oxygen atoms in total. The molecule has 0 amide bonds. The maximum absolute atomic E-state index is 10.6. The first-order valence-electron chi connectivity index (χ1n) is 7.43. The van der Waals surface area contributed by atoms with E-state index in [4.69, 9.17) is 5.11 Å². The highest BCUT2D eigenvalue weighted by Gasteiger charge is 2.11. The van der Waals surface area contributed by atoms with Crippen LogP contribution in [-0.2, 0) is 4.79 Å². The maximum Gasteiger partial charge on any atom is 0.303 e. The summed E-state index contributed by atoms with van der Waals surface area (Å²) in [5, 5.41) is 12.9. The zero-order valence-corrected chi connectivity index (χ0v) is 13.6. The largest absolute Gasteiger partial charge is 0.481 e. The van der Waals surface area contributed by atoms with Gasteiger partial charge in [0.15, 0.2) is 0 Å². The molecule has 0 saturated heterocycles. The molecule has 0 aliphatic heterocycles. The summed E-state index contributed by atoms with van der Waals surface area (Å²) in [7, 11) is 0. The van der Waals surface area contributed by atoms with Crippen LogP contribution in [0.25, 0.3) is 20.7 Å².